The van der Waals surface area contributed by atoms with E-state index in [2.05, 4.69) is 36.2 Å². The van der Waals surface area contributed by atoms with E-state index in [0.717, 1.165) is 31.5 Å². The molecule has 10 heteroatoms. The number of hydrogen-bond acceptors (Lipinski definition) is 7. The third-order valence-electron chi connectivity index (χ3n) is 7.29. The summed E-state index contributed by atoms with van der Waals surface area (Å²) >= 11 is 0. The van der Waals surface area contributed by atoms with Crippen LogP contribution in [-0.2, 0) is 30.8 Å². The lowest BCUT2D eigenvalue weighted by atomic mass is 9.78. The molecule has 2 N–H and O–H groups in total. The predicted octanol–water partition coefficient (Wildman–Crippen LogP) is 3.90. The normalized spacial score (nSPS) is 17.6. The molecule has 4 rings (SSSR count). The zero-order valence-corrected chi connectivity index (χ0v) is 24.3. The van der Waals surface area contributed by atoms with Crippen molar-refractivity contribution < 1.29 is 14.6 Å². The number of amides is 1. The zero-order valence-electron chi connectivity index (χ0n) is 24.3. The minimum absolute atomic E-state index is 0.0492. The lowest BCUT2D eigenvalue weighted by molar-refractivity contribution is 0.0523. The SMILES string of the molecule is Cn1c(O)c(/C=C/C=C(\C#N)C2=CC3N(C=C2)c2ccc(CNC(=O)OC(C)(C)C)cc2C3(C)C)c(=O)n(C)c1=O. The average Bonchev–Trinajstić information content (AvgIpc) is 3.14. The van der Waals surface area contributed by atoms with Crippen molar-refractivity contribution in [2.75, 3.05) is 4.90 Å². The van der Waals surface area contributed by atoms with Crippen LogP contribution in [0.4, 0.5) is 10.5 Å². The number of benzene rings is 1. The number of aromatic nitrogens is 2. The number of hydrogen-bond donors (Lipinski definition) is 2. The number of nitrogens with zero attached hydrogens (tertiary/aromatic N) is 4. The molecule has 0 spiro atoms. The number of fused-ring (bicyclic) bond motifs is 3. The molecule has 1 amide bonds. The van der Waals surface area contributed by atoms with Crippen LogP contribution in [-0.4, -0.2) is 32.0 Å². The standard InChI is InChI=1S/C31H35N5O5/c1-30(2,3)41-28(39)33-18-19-11-12-24-23(15-19)31(4,5)25-16-20(13-14-36(24)25)21(17-32)9-8-10-22-26(37)34(6)29(40)35(7)27(22)38/h8-16,25,37H,18H2,1-7H3,(H,33,39)/b10-8+,21-9+. The summed E-state index contributed by atoms with van der Waals surface area (Å²) < 4.78 is 7.23. The van der Waals surface area contributed by atoms with Crippen molar-refractivity contribution in [3.8, 4) is 11.9 Å². The van der Waals surface area contributed by atoms with E-state index >= 15 is 0 Å². The number of alkyl carbamates (subject to hydrolysis) is 1. The van der Waals surface area contributed by atoms with E-state index in [1.807, 2.05) is 51.3 Å². The molecule has 1 aromatic carbocycles. The lowest BCUT2D eigenvalue weighted by Gasteiger charge is -2.33. The van der Waals surface area contributed by atoms with Gasteiger partial charge in [0.05, 0.1) is 17.7 Å². The molecule has 1 aromatic heterocycles. The number of allylic oxidation sites excluding steroid dienone is 5. The van der Waals surface area contributed by atoms with Crippen molar-refractivity contribution in [1.29, 1.82) is 5.26 Å². The van der Waals surface area contributed by atoms with Crippen LogP contribution in [0.1, 0.15) is 51.3 Å². The third kappa shape index (κ3) is 5.61. The molecule has 0 aliphatic carbocycles. The smallest absolute Gasteiger partial charge is 0.407 e. The number of anilines is 1. The fourth-order valence-electron chi connectivity index (χ4n) is 5.05. The molecule has 0 bridgehead atoms. The molecular formula is C31H35N5O5. The molecule has 3 heterocycles. The Morgan fingerprint density at radius 1 is 1.22 bits per heavy atom. The molecule has 2 aromatic rings. The maximum atomic E-state index is 12.5. The van der Waals surface area contributed by atoms with Gasteiger partial charge in [0.1, 0.15) is 11.2 Å². The minimum Gasteiger partial charge on any atom is -0.494 e. The van der Waals surface area contributed by atoms with Gasteiger partial charge in [0.15, 0.2) is 0 Å². The van der Waals surface area contributed by atoms with Crippen molar-refractivity contribution in [3.63, 3.8) is 0 Å². The van der Waals surface area contributed by atoms with Gasteiger partial charge in [-0.25, -0.2) is 9.59 Å². The van der Waals surface area contributed by atoms with Gasteiger partial charge >= 0.3 is 11.8 Å². The number of ether oxygens (including phenoxy) is 1. The van der Waals surface area contributed by atoms with Crippen LogP contribution >= 0.6 is 0 Å². The zero-order chi connectivity index (χ0) is 30.3. The molecule has 1 unspecified atom stereocenters. The average molecular weight is 558 g/mol. The summed E-state index contributed by atoms with van der Waals surface area (Å²) in [5, 5.41) is 23.0. The Morgan fingerprint density at radius 3 is 2.59 bits per heavy atom. The van der Waals surface area contributed by atoms with E-state index in [4.69, 9.17) is 4.74 Å². The van der Waals surface area contributed by atoms with Crippen molar-refractivity contribution in [2.24, 2.45) is 14.1 Å². The van der Waals surface area contributed by atoms with Crippen molar-refractivity contribution in [2.45, 2.75) is 58.2 Å². The first-order chi connectivity index (χ1) is 19.2. The third-order valence-corrected chi connectivity index (χ3v) is 7.29. The molecule has 0 fully saturated rings. The van der Waals surface area contributed by atoms with Gasteiger partial charge in [-0.1, -0.05) is 38.1 Å². The van der Waals surface area contributed by atoms with E-state index in [1.165, 1.54) is 26.2 Å². The van der Waals surface area contributed by atoms with Crippen LogP contribution < -0.4 is 21.5 Å². The Kier molecular flexibility index (Phi) is 7.59. The van der Waals surface area contributed by atoms with E-state index in [0.29, 0.717) is 12.1 Å². The van der Waals surface area contributed by atoms with Crippen molar-refractivity contribution >= 4 is 17.9 Å². The number of rotatable bonds is 5. The molecular weight excluding hydrogens is 522 g/mol. The Hall–Kier alpha value is -4.78. The van der Waals surface area contributed by atoms with Gasteiger partial charge in [-0.3, -0.25) is 13.9 Å². The molecule has 0 saturated heterocycles. The van der Waals surface area contributed by atoms with Crippen LogP contribution in [0.5, 0.6) is 5.88 Å². The molecule has 2 aliphatic rings. The predicted molar refractivity (Wildman–Crippen MR) is 157 cm³/mol. The van der Waals surface area contributed by atoms with Crippen molar-refractivity contribution in [3.05, 3.63) is 97.4 Å². The number of carbonyl (C=O) groups is 1. The number of carbonyl (C=O) groups excluding carboxylic acids is 1. The van der Waals surface area contributed by atoms with E-state index in [9.17, 15) is 24.8 Å². The lowest BCUT2D eigenvalue weighted by Crippen LogP contribution is -2.38. The van der Waals surface area contributed by atoms with Crippen LogP contribution in [0.25, 0.3) is 6.08 Å². The maximum absolute atomic E-state index is 12.5. The monoisotopic (exact) mass is 557 g/mol. The van der Waals surface area contributed by atoms with Gasteiger partial charge in [0, 0.05) is 37.9 Å². The van der Waals surface area contributed by atoms with Gasteiger partial charge in [-0.15, -0.1) is 0 Å². The topological polar surface area (TPSA) is 130 Å². The molecule has 1 atom stereocenters. The van der Waals surface area contributed by atoms with Crippen LogP contribution in [0, 0.1) is 11.3 Å². The highest BCUT2D eigenvalue weighted by Gasteiger charge is 2.44. The van der Waals surface area contributed by atoms with E-state index in [1.54, 1.807) is 6.08 Å². The van der Waals surface area contributed by atoms with Gasteiger partial charge < -0.3 is 20.1 Å². The summed E-state index contributed by atoms with van der Waals surface area (Å²) in [6.45, 7) is 10.1. The Balaban J connectivity index is 1.58. The summed E-state index contributed by atoms with van der Waals surface area (Å²) in [6, 6.07) is 8.27. The first kappa shape index (κ1) is 29.2. The highest BCUT2D eigenvalue weighted by Crippen LogP contribution is 2.48. The first-order valence-corrected chi connectivity index (χ1v) is 13.2. The largest absolute Gasteiger partial charge is 0.494 e. The molecule has 10 nitrogen and oxygen atoms in total. The number of nitriles is 1. The van der Waals surface area contributed by atoms with Crippen LogP contribution in [0.2, 0.25) is 0 Å². The van der Waals surface area contributed by atoms with E-state index < -0.39 is 28.8 Å². The minimum atomic E-state index is -0.633. The molecule has 41 heavy (non-hydrogen) atoms. The Bertz CT molecular complexity index is 1690. The van der Waals surface area contributed by atoms with E-state index in [-0.39, 0.29) is 17.0 Å². The molecule has 2 aliphatic heterocycles. The van der Waals surface area contributed by atoms with Crippen LogP contribution in [0.15, 0.2) is 69.4 Å². The van der Waals surface area contributed by atoms with Gasteiger partial charge in [0.2, 0.25) is 5.88 Å². The second kappa shape index (κ2) is 10.7. The second-order valence-corrected chi connectivity index (χ2v) is 11.7. The quantitative estimate of drug-likeness (QED) is 0.421. The summed E-state index contributed by atoms with van der Waals surface area (Å²) in [4.78, 5) is 38.7. The molecule has 0 radical (unpaired) electrons. The summed E-state index contributed by atoms with van der Waals surface area (Å²) in [7, 11) is 2.71. The highest BCUT2D eigenvalue weighted by molar-refractivity contribution is 5.72. The second-order valence-electron chi connectivity index (χ2n) is 11.7. The van der Waals surface area contributed by atoms with Gasteiger partial charge in [-0.05, 0) is 61.8 Å². The highest BCUT2D eigenvalue weighted by atomic mass is 16.6. The first-order valence-electron chi connectivity index (χ1n) is 13.2. The molecule has 0 saturated carbocycles. The Morgan fingerprint density at radius 2 is 1.93 bits per heavy atom. The van der Waals surface area contributed by atoms with Crippen molar-refractivity contribution in [1.82, 2.24) is 14.5 Å². The summed E-state index contributed by atoms with van der Waals surface area (Å²) in [5.41, 5.74) is 2.03. The number of aromatic hydroxyl groups is 1. The van der Waals surface area contributed by atoms with Gasteiger partial charge in [-0.2, -0.15) is 5.26 Å². The summed E-state index contributed by atoms with van der Waals surface area (Å²) in [5.74, 6) is -0.445. The fraction of sp³-hybridized carbons (Fsp3) is 0.355. The fourth-order valence-corrected chi connectivity index (χ4v) is 5.05. The Labute approximate surface area is 238 Å². The molecule has 214 valence electrons. The maximum Gasteiger partial charge on any atom is 0.407 e. The number of nitrogens with one attached hydrogen (secondary N) is 1. The van der Waals surface area contributed by atoms with Crippen LogP contribution in [0.3, 0.4) is 0 Å². The van der Waals surface area contributed by atoms with Gasteiger partial charge in [0.25, 0.3) is 5.56 Å². The summed E-state index contributed by atoms with van der Waals surface area (Å²) in [6.07, 6.45) is 9.87.